The van der Waals surface area contributed by atoms with E-state index in [-0.39, 0.29) is 18.8 Å². The molecule has 1 heterocycles. The summed E-state index contributed by atoms with van der Waals surface area (Å²) in [6.45, 7) is 5.75. The van der Waals surface area contributed by atoms with Crippen LogP contribution < -0.4 is 5.32 Å². The van der Waals surface area contributed by atoms with Gasteiger partial charge in [-0.2, -0.15) is 0 Å². The summed E-state index contributed by atoms with van der Waals surface area (Å²) >= 11 is 0. The molecule has 13 heavy (non-hydrogen) atoms. The number of carbonyl (C=O) groups is 1. The van der Waals surface area contributed by atoms with Crippen LogP contribution in [0, 0.1) is 5.92 Å². The predicted octanol–water partition coefficient (Wildman–Crippen LogP) is 0.522. The normalized spacial score (nSPS) is 22.4. The number of amides is 1. The number of nitrogens with one attached hydrogen (secondary N) is 1. The maximum atomic E-state index is 11.0. The highest BCUT2D eigenvalue weighted by molar-refractivity contribution is 5.82. The van der Waals surface area contributed by atoms with Gasteiger partial charge >= 0.3 is 0 Å². The van der Waals surface area contributed by atoms with E-state index in [2.05, 4.69) is 19.2 Å². The molecule has 1 unspecified atom stereocenters. The molecule has 0 saturated carbocycles. The molecule has 76 valence electrons. The van der Waals surface area contributed by atoms with E-state index in [1.807, 2.05) is 0 Å². The van der Waals surface area contributed by atoms with E-state index in [4.69, 9.17) is 9.47 Å². The summed E-state index contributed by atoms with van der Waals surface area (Å²) in [6, 6.07) is 0. The summed E-state index contributed by atoms with van der Waals surface area (Å²) in [4.78, 5) is 11.0. The number of rotatable bonds is 5. The molecule has 0 aromatic rings. The van der Waals surface area contributed by atoms with E-state index in [1.54, 1.807) is 0 Å². The molecule has 0 bridgehead atoms. The van der Waals surface area contributed by atoms with Crippen molar-refractivity contribution in [1.82, 2.24) is 5.32 Å². The van der Waals surface area contributed by atoms with Crippen LogP contribution in [-0.4, -0.2) is 32.0 Å². The molecule has 4 nitrogen and oxygen atoms in total. The molecule has 1 aliphatic heterocycles. The number of hydrogen-bond donors (Lipinski definition) is 1. The van der Waals surface area contributed by atoms with Gasteiger partial charge < -0.3 is 14.8 Å². The fraction of sp³-hybridized carbons (Fsp3) is 0.889. The van der Waals surface area contributed by atoms with Crippen molar-refractivity contribution < 1.29 is 14.3 Å². The average molecular weight is 187 g/mol. The van der Waals surface area contributed by atoms with Gasteiger partial charge in [0.25, 0.3) is 0 Å². The van der Waals surface area contributed by atoms with Crippen molar-refractivity contribution in [2.24, 2.45) is 5.92 Å². The first kappa shape index (κ1) is 10.5. The Hall–Kier alpha value is -0.610. The fourth-order valence-corrected chi connectivity index (χ4v) is 1.14. The third kappa shape index (κ3) is 3.74. The van der Waals surface area contributed by atoms with Crippen molar-refractivity contribution in [2.75, 3.05) is 19.9 Å². The molecule has 0 spiro atoms. The SMILES string of the molecule is CC(C)COCOC1CCNC1=O. The Morgan fingerprint density at radius 2 is 2.38 bits per heavy atom. The second-order valence-electron chi connectivity index (χ2n) is 3.62. The average Bonchev–Trinajstić information content (AvgIpc) is 2.45. The van der Waals surface area contributed by atoms with Crippen molar-refractivity contribution in [2.45, 2.75) is 26.4 Å². The minimum absolute atomic E-state index is 0.0202. The molecular weight excluding hydrogens is 170 g/mol. The van der Waals surface area contributed by atoms with Crippen molar-refractivity contribution in [3.05, 3.63) is 0 Å². The molecule has 1 amide bonds. The smallest absolute Gasteiger partial charge is 0.249 e. The Labute approximate surface area is 78.6 Å². The van der Waals surface area contributed by atoms with E-state index in [0.29, 0.717) is 19.1 Å². The van der Waals surface area contributed by atoms with Crippen molar-refractivity contribution in [3.8, 4) is 0 Å². The zero-order valence-corrected chi connectivity index (χ0v) is 8.21. The molecule has 1 atom stereocenters. The zero-order valence-electron chi connectivity index (χ0n) is 8.21. The van der Waals surface area contributed by atoms with Gasteiger partial charge in [0.15, 0.2) is 0 Å². The van der Waals surface area contributed by atoms with E-state index in [0.717, 1.165) is 6.42 Å². The molecule has 1 rings (SSSR count). The van der Waals surface area contributed by atoms with Crippen LogP contribution in [0.2, 0.25) is 0 Å². The van der Waals surface area contributed by atoms with Gasteiger partial charge in [-0.3, -0.25) is 4.79 Å². The molecule has 1 aliphatic rings. The minimum atomic E-state index is -0.299. The summed E-state index contributed by atoms with van der Waals surface area (Å²) in [5.41, 5.74) is 0. The number of ether oxygens (including phenoxy) is 2. The first-order valence-corrected chi connectivity index (χ1v) is 4.67. The number of carbonyl (C=O) groups excluding carboxylic acids is 1. The van der Waals surface area contributed by atoms with E-state index >= 15 is 0 Å². The lowest BCUT2D eigenvalue weighted by molar-refractivity contribution is -0.140. The van der Waals surface area contributed by atoms with Gasteiger partial charge in [-0.25, -0.2) is 0 Å². The van der Waals surface area contributed by atoms with Gasteiger partial charge in [-0.05, 0) is 5.92 Å². The molecule has 1 saturated heterocycles. The van der Waals surface area contributed by atoms with Gasteiger partial charge in [-0.1, -0.05) is 13.8 Å². The fourth-order valence-electron chi connectivity index (χ4n) is 1.14. The molecule has 4 heteroatoms. The lowest BCUT2D eigenvalue weighted by Crippen LogP contribution is -2.26. The van der Waals surface area contributed by atoms with Crippen LogP contribution in [0.4, 0.5) is 0 Å². The van der Waals surface area contributed by atoms with Gasteiger partial charge in [0.2, 0.25) is 5.91 Å². The summed E-state index contributed by atoms with van der Waals surface area (Å²) < 4.78 is 10.4. The molecular formula is C9H17NO3. The molecule has 0 aromatic heterocycles. The van der Waals surface area contributed by atoms with Crippen molar-refractivity contribution >= 4 is 5.91 Å². The monoisotopic (exact) mass is 187 g/mol. The Morgan fingerprint density at radius 1 is 1.62 bits per heavy atom. The predicted molar refractivity (Wildman–Crippen MR) is 48.2 cm³/mol. The Morgan fingerprint density at radius 3 is 2.92 bits per heavy atom. The van der Waals surface area contributed by atoms with E-state index < -0.39 is 0 Å². The molecule has 0 aliphatic carbocycles. The highest BCUT2D eigenvalue weighted by Gasteiger charge is 2.24. The maximum Gasteiger partial charge on any atom is 0.249 e. The van der Waals surface area contributed by atoms with Crippen LogP contribution >= 0.6 is 0 Å². The van der Waals surface area contributed by atoms with Gasteiger partial charge in [0.05, 0.1) is 6.61 Å². The third-order valence-electron chi connectivity index (χ3n) is 1.80. The highest BCUT2D eigenvalue weighted by Crippen LogP contribution is 2.04. The van der Waals surface area contributed by atoms with E-state index in [9.17, 15) is 4.79 Å². The second kappa shape index (κ2) is 5.19. The highest BCUT2D eigenvalue weighted by atomic mass is 16.7. The summed E-state index contributed by atoms with van der Waals surface area (Å²) in [6.07, 6.45) is 0.455. The summed E-state index contributed by atoms with van der Waals surface area (Å²) in [5.74, 6) is 0.481. The van der Waals surface area contributed by atoms with Crippen molar-refractivity contribution in [1.29, 1.82) is 0 Å². The maximum absolute atomic E-state index is 11.0. The first-order valence-electron chi connectivity index (χ1n) is 4.67. The third-order valence-corrected chi connectivity index (χ3v) is 1.80. The minimum Gasteiger partial charge on any atom is -0.355 e. The van der Waals surface area contributed by atoms with Gasteiger partial charge in [-0.15, -0.1) is 0 Å². The largest absolute Gasteiger partial charge is 0.355 e. The lowest BCUT2D eigenvalue weighted by Gasteiger charge is -2.10. The van der Waals surface area contributed by atoms with Crippen molar-refractivity contribution in [3.63, 3.8) is 0 Å². The van der Waals surface area contributed by atoms with Crippen LogP contribution in [0.15, 0.2) is 0 Å². The molecule has 1 N–H and O–H groups in total. The van der Waals surface area contributed by atoms with Gasteiger partial charge in [0, 0.05) is 13.0 Å². The Kier molecular flexibility index (Phi) is 4.18. The topological polar surface area (TPSA) is 47.6 Å². The quantitative estimate of drug-likeness (QED) is 0.504. The van der Waals surface area contributed by atoms with Crippen LogP contribution in [0.3, 0.4) is 0 Å². The van der Waals surface area contributed by atoms with E-state index in [1.165, 1.54) is 0 Å². The molecule has 1 fully saturated rings. The summed E-state index contributed by atoms with van der Waals surface area (Å²) in [7, 11) is 0. The first-order chi connectivity index (χ1) is 6.20. The Balaban J connectivity index is 2.02. The number of hydrogen-bond acceptors (Lipinski definition) is 3. The van der Waals surface area contributed by atoms with Crippen LogP contribution in [0.5, 0.6) is 0 Å². The standard InChI is InChI=1S/C9H17NO3/c1-7(2)5-12-6-13-8-3-4-10-9(8)11/h7-8H,3-6H2,1-2H3,(H,10,11). The second-order valence-corrected chi connectivity index (χ2v) is 3.62. The Bertz CT molecular complexity index is 170. The van der Waals surface area contributed by atoms with Crippen LogP contribution in [-0.2, 0) is 14.3 Å². The van der Waals surface area contributed by atoms with Gasteiger partial charge in [0.1, 0.15) is 12.9 Å². The lowest BCUT2D eigenvalue weighted by atomic mass is 10.2. The molecule has 0 aromatic carbocycles. The zero-order chi connectivity index (χ0) is 9.68. The summed E-state index contributed by atoms with van der Waals surface area (Å²) in [5, 5.41) is 2.70. The van der Waals surface area contributed by atoms with Crippen LogP contribution in [0.1, 0.15) is 20.3 Å². The van der Waals surface area contributed by atoms with Crippen LogP contribution in [0.25, 0.3) is 0 Å². The molecule has 0 radical (unpaired) electrons.